The van der Waals surface area contributed by atoms with Gasteiger partial charge in [0.2, 0.25) is 0 Å². The van der Waals surface area contributed by atoms with Gasteiger partial charge in [-0.25, -0.2) is 13.2 Å². The van der Waals surface area contributed by atoms with Gasteiger partial charge in [0.25, 0.3) is 10.0 Å². The van der Waals surface area contributed by atoms with Gasteiger partial charge in [-0.3, -0.25) is 0 Å². The predicted octanol–water partition coefficient (Wildman–Crippen LogP) is 6.50. The highest BCUT2D eigenvalue weighted by Gasteiger charge is 2.96. The molecule has 0 N–H and O–H groups in total. The summed E-state index contributed by atoms with van der Waals surface area (Å²) in [5, 5.41) is -7.63. The van der Waals surface area contributed by atoms with E-state index in [4.69, 9.17) is 0 Å². The van der Waals surface area contributed by atoms with E-state index < -0.39 is 99.8 Å². The molecule has 0 rings (SSSR count). The number of hydrogen-bond acceptors (Lipinski definition) is 4. The Morgan fingerprint density at radius 1 is 0.683 bits per heavy atom. The van der Waals surface area contributed by atoms with Gasteiger partial charge in [-0.1, -0.05) is 13.5 Å². The summed E-state index contributed by atoms with van der Waals surface area (Å²) >= 11 is 0. The molecule has 23 heteroatoms. The van der Waals surface area contributed by atoms with E-state index in [2.05, 4.69) is 11.3 Å². The van der Waals surface area contributed by atoms with Crippen LogP contribution in [0.2, 0.25) is 0 Å². The van der Waals surface area contributed by atoms with Crippen LogP contribution in [0.4, 0.5) is 74.6 Å². The molecule has 5 nitrogen and oxygen atoms in total. The van der Waals surface area contributed by atoms with Crippen LogP contribution in [-0.2, 0) is 19.6 Å². The van der Waals surface area contributed by atoms with Gasteiger partial charge in [0.15, 0.2) is 0 Å². The van der Waals surface area contributed by atoms with E-state index in [9.17, 15) is 87.8 Å². The number of hydrogen-bond donors (Lipinski definition) is 0. The summed E-state index contributed by atoms with van der Waals surface area (Å²) in [5.41, 5.74) is -0.257. The van der Waals surface area contributed by atoms with Crippen LogP contribution >= 0.6 is 0 Å². The third kappa shape index (κ3) is 6.05. The quantitative estimate of drug-likeness (QED) is 0.0866. The molecule has 0 atom stereocenters. The van der Waals surface area contributed by atoms with Gasteiger partial charge in [-0.2, -0.15) is 78.9 Å². The van der Waals surface area contributed by atoms with Gasteiger partial charge < -0.3 is 4.74 Å². The first-order valence-electron chi connectivity index (χ1n) is 10.3. The minimum absolute atomic E-state index is 0.257. The molecule has 0 aliphatic carbocycles. The molecule has 0 bridgehead atoms. The second kappa shape index (κ2) is 11.5. The van der Waals surface area contributed by atoms with Crippen molar-refractivity contribution < 1.29 is 92.6 Å². The standard InChI is InChI=1S/C18H18F17NO4S/c1-4-6-36(7-5-8-40-10(37)9(2)3)41(38,39)18(34,35)16(29,30)14(25,26)12(21,22)11(19,20)13(23,24)15(27,28)17(31,32)33/h2,4-8H2,1,3H3. The van der Waals surface area contributed by atoms with E-state index in [1.807, 2.05) is 0 Å². The van der Waals surface area contributed by atoms with Crippen molar-refractivity contribution in [3.8, 4) is 0 Å². The molecule has 0 saturated carbocycles. The monoisotopic (exact) mass is 667 g/mol. The number of alkyl halides is 17. The van der Waals surface area contributed by atoms with Crippen molar-refractivity contribution >= 4 is 16.0 Å². The smallest absolute Gasteiger partial charge is 0.460 e. The maximum Gasteiger partial charge on any atom is 0.460 e. The summed E-state index contributed by atoms with van der Waals surface area (Å²) in [6.07, 6.45) is -9.40. The van der Waals surface area contributed by atoms with Crippen molar-refractivity contribution in [3.05, 3.63) is 12.2 Å². The van der Waals surface area contributed by atoms with Crippen molar-refractivity contribution in [3.63, 3.8) is 0 Å². The second-order valence-electron chi connectivity index (χ2n) is 8.13. The second-order valence-corrected chi connectivity index (χ2v) is 10.1. The average molecular weight is 667 g/mol. The highest BCUT2D eigenvalue weighted by atomic mass is 32.2. The zero-order valence-electron chi connectivity index (χ0n) is 20.2. The molecule has 0 unspecified atom stereocenters. The number of rotatable bonds is 15. The van der Waals surface area contributed by atoms with Crippen molar-refractivity contribution in [1.29, 1.82) is 0 Å². The first kappa shape index (κ1) is 38.9. The van der Waals surface area contributed by atoms with Gasteiger partial charge in [0.05, 0.1) is 6.61 Å². The lowest BCUT2D eigenvalue weighted by molar-refractivity contribution is -0.458. The number of halogens is 17. The Morgan fingerprint density at radius 2 is 1.05 bits per heavy atom. The molecule has 0 heterocycles. The van der Waals surface area contributed by atoms with Gasteiger partial charge in [-0.05, 0) is 19.8 Å². The molecule has 41 heavy (non-hydrogen) atoms. The Labute approximate surface area is 219 Å². The lowest BCUT2D eigenvalue weighted by atomic mass is 9.91. The number of carbonyl (C=O) groups excluding carboxylic acids is 1. The Hall–Kier alpha value is -2.07. The fourth-order valence-electron chi connectivity index (χ4n) is 2.60. The van der Waals surface area contributed by atoms with Gasteiger partial charge in [0, 0.05) is 18.7 Å². The van der Waals surface area contributed by atoms with Crippen LogP contribution in [-0.4, -0.2) is 85.4 Å². The van der Waals surface area contributed by atoms with Crippen LogP contribution in [0, 0.1) is 0 Å². The zero-order valence-corrected chi connectivity index (χ0v) is 21.0. The molecular formula is C18H18F17NO4S. The predicted molar refractivity (Wildman–Crippen MR) is 102 cm³/mol. The van der Waals surface area contributed by atoms with Crippen molar-refractivity contribution in [2.45, 2.75) is 73.7 Å². The van der Waals surface area contributed by atoms with E-state index in [-0.39, 0.29) is 5.57 Å². The van der Waals surface area contributed by atoms with E-state index in [0.29, 0.717) is 0 Å². The number of nitrogens with zero attached hydrogens (tertiary/aromatic N) is 1. The van der Waals surface area contributed by atoms with E-state index >= 15 is 0 Å². The first-order chi connectivity index (χ1) is 17.8. The minimum Gasteiger partial charge on any atom is -0.462 e. The Kier molecular flexibility index (Phi) is 11.0. The van der Waals surface area contributed by atoms with Crippen LogP contribution in [0.5, 0.6) is 0 Å². The third-order valence-corrected chi connectivity index (χ3v) is 6.91. The number of carbonyl (C=O) groups is 1. The molecule has 0 amide bonds. The number of esters is 1. The van der Waals surface area contributed by atoms with Crippen molar-refractivity contribution in [1.82, 2.24) is 4.31 Å². The van der Waals surface area contributed by atoms with Gasteiger partial charge >= 0.3 is 52.9 Å². The topological polar surface area (TPSA) is 63.7 Å². The Bertz CT molecular complexity index is 1070. The van der Waals surface area contributed by atoms with Crippen molar-refractivity contribution in [2.24, 2.45) is 0 Å². The van der Waals surface area contributed by atoms with Gasteiger partial charge in [0.1, 0.15) is 0 Å². The van der Waals surface area contributed by atoms with Crippen LogP contribution in [0.1, 0.15) is 26.7 Å². The fourth-order valence-corrected chi connectivity index (χ4v) is 4.17. The third-order valence-electron chi connectivity index (χ3n) is 4.96. The normalized spacial score (nSPS) is 15.3. The summed E-state index contributed by atoms with van der Waals surface area (Å²) in [5.74, 6) is -53.1. The fraction of sp³-hybridized carbons (Fsp3) is 0.833. The highest BCUT2D eigenvalue weighted by Crippen LogP contribution is 2.64. The van der Waals surface area contributed by atoms with Crippen LogP contribution < -0.4 is 0 Å². The molecule has 0 radical (unpaired) electrons. The molecule has 0 aromatic rings. The zero-order chi connectivity index (χ0) is 33.5. The van der Waals surface area contributed by atoms with E-state index in [0.717, 1.165) is 13.8 Å². The molecule has 0 aromatic carbocycles. The largest absolute Gasteiger partial charge is 0.462 e. The molecule has 244 valence electrons. The van der Waals surface area contributed by atoms with Gasteiger partial charge in [-0.15, -0.1) is 0 Å². The summed E-state index contributed by atoms with van der Waals surface area (Å²) in [7, 11) is -7.40. The maximum absolute atomic E-state index is 14.4. The SMILES string of the molecule is C=C(C)C(=O)OCCCN(CCC)S(=O)(=O)C(F)(F)C(F)(F)C(F)(F)C(F)(F)C(F)(F)C(F)(F)C(F)(F)C(F)(F)F. The molecule has 0 aromatic heterocycles. The lowest BCUT2D eigenvalue weighted by Gasteiger charge is -2.43. The van der Waals surface area contributed by atoms with Crippen LogP contribution in [0.3, 0.4) is 0 Å². The molecule has 0 spiro atoms. The molecule has 0 aliphatic rings. The molecular weight excluding hydrogens is 649 g/mol. The van der Waals surface area contributed by atoms with E-state index in [1.54, 1.807) is 0 Å². The summed E-state index contributed by atoms with van der Waals surface area (Å²) in [6.45, 7) is 1.53. The van der Waals surface area contributed by atoms with E-state index in [1.165, 1.54) is 0 Å². The number of ether oxygens (including phenoxy) is 1. The maximum atomic E-state index is 14.4. The highest BCUT2D eigenvalue weighted by molar-refractivity contribution is 7.90. The summed E-state index contributed by atoms with van der Waals surface area (Å²) in [6, 6.07) is 0. The van der Waals surface area contributed by atoms with Crippen LogP contribution in [0.15, 0.2) is 12.2 Å². The average Bonchev–Trinajstić information content (AvgIpc) is 2.78. The minimum atomic E-state index is -8.90. The Balaban J connectivity index is 6.72. The summed E-state index contributed by atoms with van der Waals surface area (Å²) in [4.78, 5) is 11.2. The Morgan fingerprint density at radius 3 is 1.39 bits per heavy atom. The molecule has 0 fully saturated rings. The summed E-state index contributed by atoms with van der Waals surface area (Å²) < 4.78 is 256. The molecule has 0 aliphatic heterocycles. The van der Waals surface area contributed by atoms with Crippen molar-refractivity contribution in [2.75, 3.05) is 19.7 Å². The van der Waals surface area contributed by atoms with Crippen LogP contribution in [0.25, 0.3) is 0 Å². The molecule has 0 saturated heterocycles. The first-order valence-corrected chi connectivity index (χ1v) is 11.8. The number of sulfonamides is 1. The lowest BCUT2D eigenvalue weighted by Crippen LogP contribution is -2.75.